The van der Waals surface area contributed by atoms with E-state index < -0.39 is 16.5 Å². The summed E-state index contributed by atoms with van der Waals surface area (Å²) in [5.74, 6) is -0.254. The molecular formula is C30H28N2O4S. The van der Waals surface area contributed by atoms with Crippen LogP contribution in [0.1, 0.15) is 58.4 Å². The van der Waals surface area contributed by atoms with E-state index in [9.17, 15) is 18.0 Å². The van der Waals surface area contributed by atoms with Gasteiger partial charge in [-0.15, -0.1) is 0 Å². The minimum Gasteiger partial charge on any atom is -0.349 e. The van der Waals surface area contributed by atoms with Crippen LogP contribution in [-0.4, -0.2) is 20.6 Å². The van der Waals surface area contributed by atoms with E-state index in [1.165, 1.54) is 10.8 Å². The summed E-state index contributed by atoms with van der Waals surface area (Å²) in [5.41, 5.74) is 3.39. The number of carbonyl (C=O) groups is 2. The Morgan fingerprint density at radius 3 is 2.14 bits per heavy atom. The maximum atomic E-state index is 12.6. The summed E-state index contributed by atoms with van der Waals surface area (Å²) in [7, 11) is -2.60. The Bertz CT molecular complexity index is 1440. The molecule has 0 saturated heterocycles. The molecule has 1 aliphatic rings. The first-order chi connectivity index (χ1) is 18.0. The molecule has 0 radical (unpaired) electrons. The van der Waals surface area contributed by atoms with E-state index in [4.69, 9.17) is 0 Å². The molecule has 0 aliphatic heterocycles. The maximum absolute atomic E-state index is 12.6. The molecule has 1 aliphatic carbocycles. The van der Waals surface area contributed by atoms with Gasteiger partial charge in [0.25, 0.3) is 0 Å². The number of aryl methyl sites for hydroxylation is 1. The normalized spacial score (nSPS) is 14.9. The fourth-order valence-electron chi connectivity index (χ4n) is 4.61. The third-order valence-electron chi connectivity index (χ3n) is 6.39. The second-order valence-corrected chi connectivity index (χ2v) is 9.53. The molecule has 4 aromatic rings. The van der Waals surface area contributed by atoms with Crippen molar-refractivity contribution in [1.82, 2.24) is 5.32 Å². The summed E-state index contributed by atoms with van der Waals surface area (Å²) >= 11 is 0. The number of aldehydes is 1. The zero-order valence-corrected chi connectivity index (χ0v) is 21.1. The number of fused-ring (bicyclic) bond motifs is 2. The highest BCUT2D eigenvalue weighted by atomic mass is 32.2. The van der Waals surface area contributed by atoms with Crippen molar-refractivity contribution < 1.29 is 18.0 Å². The predicted octanol–water partition coefficient (Wildman–Crippen LogP) is 6.03. The molecule has 1 N–H and O–H groups in total. The standard InChI is InChI=1S/C20H20N2O4S.C10H8/c23-13-14-9-10-17-16(11-14)7-4-8-18(17)21-20(24)12-19(22-27(25)26)15-5-2-1-3-6-15;1-2-6-10-8-4-3-7-9(10)5-1/h1-3,5-6,9-11,13,18-19H,4,7-8,12H2,(H,21,24);1-8H. The Balaban J connectivity index is 0.000000265. The molecule has 0 spiro atoms. The van der Waals surface area contributed by atoms with Crippen LogP contribution in [-0.2, 0) is 21.7 Å². The fraction of sp³-hybridized carbons (Fsp3) is 0.200. The number of benzene rings is 4. The molecule has 2 atom stereocenters. The quantitative estimate of drug-likeness (QED) is 0.320. The van der Waals surface area contributed by atoms with Crippen molar-refractivity contribution >= 4 is 33.5 Å². The topological polar surface area (TPSA) is 92.7 Å². The highest BCUT2D eigenvalue weighted by Crippen LogP contribution is 2.31. The average molecular weight is 513 g/mol. The molecule has 6 nitrogen and oxygen atoms in total. The van der Waals surface area contributed by atoms with Crippen LogP contribution in [0.2, 0.25) is 0 Å². The van der Waals surface area contributed by atoms with Crippen LogP contribution in [0.3, 0.4) is 0 Å². The zero-order chi connectivity index (χ0) is 26.0. The van der Waals surface area contributed by atoms with Crippen LogP contribution in [0.15, 0.2) is 101 Å². The Kier molecular flexibility index (Phi) is 8.94. The van der Waals surface area contributed by atoms with E-state index in [0.717, 1.165) is 36.7 Å². The van der Waals surface area contributed by atoms with Crippen molar-refractivity contribution in [3.63, 3.8) is 0 Å². The van der Waals surface area contributed by atoms with Crippen molar-refractivity contribution in [3.05, 3.63) is 119 Å². The van der Waals surface area contributed by atoms with Gasteiger partial charge < -0.3 is 5.32 Å². The molecule has 4 aromatic carbocycles. The second-order valence-electron chi connectivity index (χ2n) is 8.89. The number of carbonyl (C=O) groups excluding carboxylic acids is 2. The minimum absolute atomic E-state index is 0.0454. The molecule has 7 heteroatoms. The van der Waals surface area contributed by atoms with Gasteiger partial charge in [-0.1, -0.05) is 91.0 Å². The van der Waals surface area contributed by atoms with E-state index >= 15 is 0 Å². The van der Waals surface area contributed by atoms with Gasteiger partial charge in [-0.3, -0.25) is 9.59 Å². The Hall–Kier alpha value is -4.10. The number of hydrogen-bond acceptors (Lipinski definition) is 5. The third kappa shape index (κ3) is 7.21. The van der Waals surface area contributed by atoms with Crippen molar-refractivity contribution in [2.45, 2.75) is 37.8 Å². The second kappa shape index (κ2) is 12.7. The number of rotatable bonds is 6. The largest absolute Gasteiger partial charge is 0.349 e. The lowest BCUT2D eigenvalue weighted by Gasteiger charge is -2.27. The SMILES string of the molecule is O=Cc1ccc2c(c1)CCCC2NC(=O)CC(N=S(=O)=O)c1ccccc1.c1ccc2ccccc2c1. The summed E-state index contributed by atoms with van der Waals surface area (Å²) in [4.78, 5) is 23.5. The third-order valence-corrected chi connectivity index (χ3v) is 6.81. The molecule has 0 aromatic heterocycles. The van der Waals surface area contributed by atoms with E-state index in [1.807, 2.05) is 18.2 Å². The first-order valence-corrected chi connectivity index (χ1v) is 13.2. The lowest BCUT2D eigenvalue weighted by atomic mass is 9.86. The summed E-state index contributed by atoms with van der Waals surface area (Å²) < 4.78 is 25.8. The van der Waals surface area contributed by atoms with Crippen LogP contribution in [0.4, 0.5) is 0 Å². The summed E-state index contributed by atoms with van der Waals surface area (Å²) in [6.45, 7) is 0. The van der Waals surface area contributed by atoms with Gasteiger partial charge in [0.05, 0.1) is 12.5 Å². The lowest BCUT2D eigenvalue weighted by molar-refractivity contribution is -0.122. The predicted molar refractivity (Wildman–Crippen MR) is 145 cm³/mol. The summed E-state index contributed by atoms with van der Waals surface area (Å²) in [6.07, 6.45) is 3.37. The Morgan fingerprint density at radius 1 is 0.919 bits per heavy atom. The van der Waals surface area contributed by atoms with Crippen molar-refractivity contribution in [3.8, 4) is 0 Å². The highest BCUT2D eigenvalue weighted by Gasteiger charge is 2.24. The molecular weight excluding hydrogens is 484 g/mol. The van der Waals surface area contributed by atoms with E-state index in [0.29, 0.717) is 11.1 Å². The lowest BCUT2D eigenvalue weighted by Crippen LogP contribution is -2.31. The van der Waals surface area contributed by atoms with Gasteiger partial charge in [-0.2, -0.15) is 12.8 Å². The van der Waals surface area contributed by atoms with Gasteiger partial charge in [-0.05, 0) is 52.8 Å². The molecule has 0 bridgehead atoms. The Morgan fingerprint density at radius 2 is 1.54 bits per heavy atom. The van der Waals surface area contributed by atoms with Gasteiger partial charge in [0.15, 0.2) is 0 Å². The fourth-order valence-corrected chi connectivity index (χ4v) is 5.02. The number of amides is 1. The first-order valence-electron chi connectivity index (χ1n) is 12.2. The van der Waals surface area contributed by atoms with Gasteiger partial charge in [0.2, 0.25) is 5.91 Å². The molecule has 0 fully saturated rings. The van der Waals surface area contributed by atoms with Gasteiger partial charge in [-0.25, -0.2) is 0 Å². The molecule has 0 saturated carbocycles. The summed E-state index contributed by atoms with van der Waals surface area (Å²) in [5, 5.41) is 5.62. The molecule has 1 amide bonds. The van der Waals surface area contributed by atoms with E-state index in [-0.39, 0.29) is 18.4 Å². The van der Waals surface area contributed by atoms with Crippen molar-refractivity contribution in [1.29, 1.82) is 0 Å². The van der Waals surface area contributed by atoms with Crippen molar-refractivity contribution in [2.75, 3.05) is 0 Å². The van der Waals surface area contributed by atoms with Crippen LogP contribution in [0.25, 0.3) is 10.8 Å². The minimum atomic E-state index is -2.60. The van der Waals surface area contributed by atoms with Crippen LogP contribution in [0, 0.1) is 0 Å². The highest BCUT2D eigenvalue weighted by molar-refractivity contribution is 7.61. The number of hydrogen-bond donors (Lipinski definition) is 1. The van der Waals surface area contributed by atoms with Gasteiger partial charge in [0.1, 0.15) is 12.3 Å². The smallest absolute Gasteiger partial charge is 0.311 e. The molecule has 5 rings (SSSR count). The first kappa shape index (κ1) is 26.0. The van der Waals surface area contributed by atoms with Gasteiger partial charge >= 0.3 is 10.5 Å². The summed E-state index contributed by atoms with van der Waals surface area (Å²) in [6, 6.07) is 30.2. The molecule has 2 unspecified atom stereocenters. The number of nitrogens with zero attached hydrogens (tertiary/aromatic N) is 1. The van der Waals surface area contributed by atoms with Gasteiger partial charge in [0, 0.05) is 5.56 Å². The average Bonchev–Trinajstić information content (AvgIpc) is 2.93. The van der Waals surface area contributed by atoms with E-state index in [2.05, 4.69) is 58.2 Å². The van der Waals surface area contributed by atoms with Crippen LogP contribution in [0.5, 0.6) is 0 Å². The molecule has 0 heterocycles. The van der Waals surface area contributed by atoms with Crippen LogP contribution >= 0.6 is 0 Å². The monoisotopic (exact) mass is 512 g/mol. The van der Waals surface area contributed by atoms with Crippen molar-refractivity contribution in [2.24, 2.45) is 4.36 Å². The Labute approximate surface area is 218 Å². The maximum Gasteiger partial charge on any atom is 0.311 e. The van der Waals surface area contributed by atoms with Crippen LogP contribution < -0.4 is 5.32 Å². The molecule has 37 heavy (non-hydrogen) atoms. The number of nitrogens with one attached hydrogen (secondary N) is 1. The molecule has 188 valence electrons. The zero-order valence-electron chi connectivity index (χ0n) is 20.3. The van der Waals surface area contributed by atoms with E-state index in [1.54, 1.807) is 30.3 Å².